The molecule has 2 aromatic rings. The van der Waals surface area contributed by atoms with E-state index in [0.717, 1.165) is 17.7 Å². The number of hydroxylamine groups is 1. The third kappa shape index (κ3) is 5.63. The minimum absolute atomic E-state index is 0.402. The summed E-state index contributed by atoms with van der Waals surface area (Å²) >= 11 is 0. The van der Waals surface area contributed by atoms with Gasteiger partial charge in [-0.05, 0) is 55.5 Å². The van der Waals surface area contributed by atoms with Crippen LogP contribution in [0.2, 0.25) is 0 Å². The van der Waals surface area contributed by atoms with Crippen molar-refractivity contribution in [2.45, 2.75) is 50.9 Å². The molecular formula is C22H28N4O3. The van der Waals surface area contributed by atoms with Gasteiger partial charge in [-0.3, -0.25) is 14.8 Å². The molecule has 1 aliphatic rings. The monoisotopic (exact) mass is 396 g/mol. The van der Waals surface area contributed by atoms with E-state index in [2.05, 4.69) is 34.9 Å². The maximum absolute atomic E-state index is 12.5. The maximum Gasteiger partial charge on any atom is 0.267 e. The highest BCUT2D eigenvalue weighted by molar-refractivity contribution is 5.98. The van der Waals surface area contributed by atoms with Crippen molar-refractivity contribution in [1.82, 2.24) is 16.1 Å². The predicted octanol–water partition coefficient (Wildman–Crippen LogP) is 1.95. The molecule has 0 heterocycles. The van der Waals surface area contributed by atoms with Crippen molar-refractivity contribution >= 4 is 11.8 Å². The van der Waals surface area contributed by atoms with Crippen LogP contribution in [0.1, 0.15) is 42.6 Å². The molecule has 7 nitrogen and oxygen atoms in total. The number of nitrogens with one attached hydrogen (secondary N) is 3. The molecule has 0 radical (unpaired) electrons. The summed E-state index contributed by atoms with van der Waals surface area (Å²) < 4.78 is 0. The van der Waals surface area contributed by atoms with Gasteiger partial charge in [0.1, 0.15) is 6.04 Å². The highest BCUT2D eigenvalue weighted by Gasteiger charge is 2.33. The van der Waals surface area contributed by atoms with Gasteiger partial charge in [0, 0.05) is 23.7 Å². The molecule has 1 saturated carbocycles. The minimum atomic E-state index is -1.07. The lowest BCUT2D eigenvalue weighted by Crippen LogP contribution is -2.61. The van der Waals surface area contributed by atoms with Crippen LogP contribution >= 0.6 is 0 Å². The van der Waals surface area contributed by atoms with Gasteiger partial charge in [-0.25, -0.2) is 5.48 Å². The first-order chi connectivity index (χ1) is 13.8. The Morgan fingerprint density at radius 3 is 2.10 bits per heavy atom. The van der Waals surface area contributed by atoms with E-state index < -0.39 is 23.4 Å². The van der Waals surface area contributed by atoms with E-state index in [1.807, 2.05) is 12.1 Å². The van der Waals surface area contributed by atoms with Crippen molar-refractivity contribution in [3.63, 3.8) is 0 Å². The molecule has 2 aromatic carbocycles. The zero-order chi connectivity index (χ0) is 21.0. The second-order valence-corrected chi connectivity index (χ2v) is 8.13. The average Bonchev–Trinajstić information content (AvgIpc) is 3.54. The number of carbonyl (C=O) groups excluding carboxylic acids is 2. The lowest BCUT2D eigenvalue weighted by Gasteiger charge is -2.29. The first-order valence-electron chi connectivity index (χ1n) is 9.74. The third-order valence-corrected chi connectivity index (χ3v) is 5.00. The van der Waals surface area contributed by atoms with Crippen molar-refractivity contribution < 1.29 is 14.8 Å². The fourth-order valence-corrected chi connectivity index (χ4v) is 3.05. The van der Waals surface area contributed by atoms with Crippen LogP contribution in [0, 0.1) is 0 Å². The fourth-order valence-electron chi connectivity index (χ4n) is 3.05. The minimum Gasteiger partial charge on any atom is -0.338 e. The Hall–Kier alpha value is -2.74. The Bertz CT molecular complexity index is 853. The Balaban J connectivity index is 1.65. The Morgan fingerprint density at radius 2 is 1.62 bits per heavy atom. The van der Waals surface area contributed by atoms with Crippen molar-refractivity contribution in [3.05, 3.63) is 59.7 Å². The van der Waals surface area contributed by atoms with Gasteiger partial charge in [-0.1, -0.05) is 36.4 Å². The van der Waals surface area contributed by atoms with E-state index in [1.54, 1.807) is 31.5 Å². The smallest absolute Gasteiger partial charge is 0.267 e. The summed E-state index contributed by atoms with van der Waals surface area (Å²) in [4.78, 5) is 24.3. The van der Waals surface area contributed by atoms with Gasteiger partial charge in [0.05, 0.1) is 0 Å². The van der Waals surface area contributed by atoms with Crippen LogP contribution in [-0.2, 0) is 11.3 Å². The summed E-state index contributed by atoms with van der Waals surface area (Å²) in [6.45, 7) is 4.07. The number of hydrogen-bond acceptors (Lipinski definition) is 5. The second-order valence-electron chi connectivity index (χ2n) is 8.13. The van der Waals surface area contributed by atoms with Crippen molar-refractivity contribution in [2.75, 3.05) is 0 Å². The summed E-state index contributed by atoms with van der Waals surface area (Å²) in [7, 11) is 0. The van der Waals surface area contributed by atoms with E-state index in [-0.39, 0.29) is 0 Å². The largest absolute Gasteiger partial charge is 0.338 e. The molecule has 6 N–H and O–H groups in total. The first-order valence-corrected chi connectivity index (χ1v) is 9.74. The molecule has 7 heteroatoms. The number of amides is 2. The normalized spacial score (nSPS) is 14.9. The molecule has 1 aliphatic carbocycles. The van der Waals surface area contributed by atoms with E-state index in [0.29, 0.717) is 11.6 Å². The van der Waals surface area contributed by atoms with Gasteiger partial charge in [-0.2, -0.15) is 0 Å². The van der Waals surface area contributed by atoms with Gasteiger partial charge in [-0.15, -0.1) is 0 Å². The Kier molecular flexibility index (Phi) is 6.32. The zero-order valence-electron chi connectivity index (χ0n) is 16.7. The van der Waals surface area contributed by atoms with Crippen LogP contribution in [0.25, 0.3) is 11.1 Å². The van der Waals surface area contributed by atoms with Gasteiger partial charge < -0.3 is 16.4 Å². The summed E-state index contributed by atoms with van der Waals surface area (Å²) in [5, 5.41) is 15.0. The van der Waals surface area contributed by atoms with Crippen LogP contribution < -0.4 is 21.8 Å². The van der Waals surface area contributed by atoms with Crippen LogP contribution in [0.3, 0.4) is 0 Å². The summed E-state index contributed by atoms with van der Waals surface area (Å²) in [5.41, 5.74) is 10.1. The average molecular weight is 396 g/mol. The molecule has 1 atom stereocenters. The number of benzene rings is 2. The third-order valence-electron chi connectivity index (χ3n) is 5.00. The first kappa shape index (κ1) is 21.0. The quantitative estimate of drug-likeness (QED) is 0.345. The van der Waals surface area contributed by atoms with Gasteiger partial charge in [0.2, 0.25) is 0 Å². The Morgan fingerprint density at radius 1 is 1.07 bits per heavy atom. The number of nitrogens with two attached hydrogens (primary N) is 1. The summed E-state index contributed by atoms with van der Waals surface area (Å²) in [5.74, 6) is -1.20. The SMILES string of the molecule is CC(C)(N)C(NC(=O)c1ccc(-c2ccc(CNC3CC3)cc2)cc1)C(=O)NO. The standard InChI is InChI=1S/C22H28N4O3/c1-22(2,23)19(21(28)26-29)25-20(27)17-9-7-16(8-10-17)15-5-3-14(4-6-15)13-24-18-11-12-18/h3-10,18-19,24,29H,11-13,23H2,1-2H3,(H,25,27)(H,26,28). The lowest BCUT2D eigenvalue weighted by atomic mass is 9.94. The fraction of sp³-hybridized carbons (Fsp3) is 0.364. The summed E-state index contributed by atoms with van der Waals surface area (Å²) in [6, 6.07) is 15.1. The van der Waals surface area contributed by atoms with E-state index >= 15 is 0 Å². The van der Waals surface area contributed by atoms with E-state index in [9.17, 15) is 9.59 Å². The lowest BCUT2D eigenvalue weighted by molar-refractivity contribution is -0.132. The van der Waals surface area contributed by atoms with Crippen molar-refractivity contribution in [2.24, 2.45) is 5.73 Å². The molecule has 1 unspecified atom stereocenters. The molecule has 0 aliphatic heterocycles. The maximum atomic E-state index is 12.5. The molecular weight excluding hydrogens is 368 g/mol. The predicted molar refractivity (Wildman–Crippen MR) is 111 cm³/mol. The van der Waals surface area contributed by atoms with Crippen LogP contribution in [0.15, 0.2) is 48.5 Å². The molecule has 2 amide bonds. The van der Waals surface area contributed by atoms with Gasteiger partial charge in [0.15, 0.2) is 0 Å². The molecule has 29 heavy (non-hydrogen) atoms. The van der Waals surface area contributed by atoms with E-state index in [4.69, 9.17) is 10.9 Å². The van der Waals surface area contributed by atoms with Crippen LogP contribution in [-0.4, -0.2) is 34.6 Å². The molecule has 3 rings (SSSR count). The molecule has 154 valence electrons. The molecule has 0 bridgehead atoms. The van der Waals surface area contributed by atoms with Crippen LogP contribution in [0.4, 0.5) is 0 Å². The molecule has 0 aromatic heterocycles. The number of rotatable bonds is 8. The van der Waals surface area contributed by atoms with E-state index in [1.165, 1.54) is 18.4 Å². The number of hydrogen-bond donors (Lipinski definition) is 5. The molecule has 1 fully saturated rings. The highest BCUT2D eigenvalue weighted by atomic mass is 16.5. The summed E-state index contributed by atoms with van der Waals surface area (Å²) in [6.07, 6.45) is 2.54. The highest BCUT2D eigenvalue weighted by Crippen LogP contribution is 2.22. The topological polar surface area (TPSA) is 116 Å². The van der Waals surface area contributed by atoms with Crippen molar-refractivity contribution in [3.8, 4) is 11.1 Å². The van der Waals surface area contributed by atoms with Gasteiger partial charge >= 0.3 is 0 Å². The second kappa shape index (κ2) is 8.73. The molecule has 0 saturated heterocycles. The molecule has 0 spiro atoms. The van der Waals surface area contributed by atoms with Crippen molar-refractivity contribution in [1.29, 1.82) is 0 Å². The zero-order valence-corrected chi connectivity index (χ0v) is 16.7. The van der Waals surface area contributed by atoms with Crippen LogP contribution in [0.5, 0.6) is 0 Å². The Labute approximate surface area is 170 Å². The van der Waals surface area contributed by atoms with Gasteiger partial charge in [0.25, 0.3) is 11.8 Å². The number of carbonyl (C=O) groups is 2.